The van der Waals surface area contributed by atoms with E-state index in [2.05, 4.69) is 15.9 Å². The molecule has 0 fully saturated rings. The van der Waals surface area contributed by atoms with Gasteiger partial charge in [0.25, 0.3) is 0 Å². The van der Waals surface area contributed by atoms with Gasteiger partial charge >= 0.3 is 0 Å². The first-order valence-corrected chi connectivity index (χ1v) is 5.97. The second-order valence-electron chi connectivity index (χ2n) is 3.20. The Bertz CT molecular complexity index is 305. The highest BCUT2D eigenvalue weighted by Gasteiger charge is 2.10. The minimum absolute atomic E-state index is 0.0397. The molecule has 0 radical (unpaired) electrons. The molecule has 0 unspecified atom stereocenters. The zero-order chi connectivity index (χ0) is 11.3. The molecule has 0 aromatic heterocycles. The Morgan fingerprint density at radius 3 is 2.33 bits per heavy atom. The fourth-order valence-electron chi connectivity index (χ4n) is 1.13. The molecule has 0 saturated heterocycles. The number of rotatable bonds is 5. The molecule has 0 spiro atoms. The van der Waals surface area contributed by atoms with E-state index in [4.69, 9.17) is 4.74 Å². The van der Waals surface area contributed by atoms with E-state index in [0.29, 0.717) is 6.61 Å². The van der Waals surface area contributed by atoms with E-state index in [0.717, 1.165) is 12.8 Å². The molecule has 1 rings (SSSR count). The lowest BCUT2D eigenvalue weighted by Crippen LogP contribution is -1.99. The Kier molecular flexibility index (Phi) is 5.02. The molecule has 1 aromatic rings. The van der Waals surface area contributed by atoms with Gasteiger partial charge in [-0.3, -0.25) is 0 Å². The largest absolute Gasteiger partial charge is 0.493 e. The standard InChI is InChI=1S/C11H13BrF2O/c1-2-3-4-15-8-5-10(13)9(7-12)11(14)6-8/h5-6H,2-4,7H2,1H3. The quantitative estimate of drug-likeness (QED) is 0.584. The van der Waals surface area contributed by atoms with Crippen LogP contribution >= 0.6 is 15.9 Å². The zero-order valence-corrected chi connectivity index (χ0v) is 10.1. The number of hydrogen-bond donors (Lipinski definition) is 0. The first kappa shape index (κ1) is 12.4. The molecular weight excluding hydrogens is 266 g/mol. The maximum absolute atomic E-state index is 13.3. The van der Waals surface area contributed by atoms with Gasteiger partial charge in [0.05, 0.1) is 6.61 Å². The fraction of sp³-hybridized carbons (Fsp3) is 0.455. The Morgan fingerprint density at radius 1 is 1.27 bits per heavy atom. The van der Waals surface area contributed by atoms with Crippen LogP contribution in [0.2, 0.25) is 0 Å². The van der Waals surface area contributed by atoms with Crippen molar-refractivity contribution in [3.8, 4) is 5.75 Å². The van der Waals surface area contributed by atoms with E-state index in [9.17, 15) is 8.78 Å². The second-order valence-corrected chi connectivity index (χ2v) is 3.76. The highest BCUT2D eigenvalue weighted by atomic mass is 79.9. The third-order valence-electron chi connectivity index (χ3n) is 2.01. The van der Waals surface area contributed by atoms with Crippen LogP contribution in [0, 0.1) is 11.6 Å². The van der Waals surface area contributed by atoms with Gasteiger partial charge in [-0.1, -0.05) is 29.3 Å². The third kappa shape index (κ3) is 3.45. The van der Waals surface area contributed by atoms with Crippen molar-refractivity contribution in [2.24, 2.45) is 0 Å². The summed E-state index contributed by atoms with van der Waals surface area (Å²) in [7, 11) is 0. The van der Waals surface area contributed by atoms with Gasteiger partial charge in [-0.15, -0.1) is 0 Å². The molecule has 0 aliphatic carbocycles. The van der Waals surface area contributed by atoms with Gasteiger partial charge in [-0.2, -0.15) is 0 Å². The van der Waals surface area contributed by atoms with Crippen LogP contribution in [-0.2, 0) is 5.33 Å². The van der Waals surface area contributed by atoms with Crippen LogP contribution in [0.25, 0.3) is 0 Å². The highest BCUT2D eigenvalue weighted by molar-refractivity contribution is 9.08. The third-order valence-corrected chi connectivity index (χ3v) is 2.58. The summed E-state index contributed by atoms with van der Waals surface area (Å²) < 4.78 is 31.8. The van der Waals surface area contributed by atoms with E-state index in [1.54, 1.807) is 0 Å². The van der Waals surface area contributed by atoms with Crippen LogP contribution in [0.3, 0.4) is 0 Å². The number of unbranched alkanes of at least 4 members (excludes halogenated alkanes) is 1. The number of ether oxygens (including phenoxy) is 1. The fourth-order valence-corrected chi connectivity index (χ4v) is 1.66. The van der Waals surface area contributed by atoms with Crippen molar-refractivity contribution in [3.63, 3.8) is 0 Å². The predicted molar refractivity (Wildman–Crippen MR) is 59.4 cm³/mol. The lowest BCUT2D eigenvalue weighted by Gasteiger charge is -2.07. The van der Waals surface area contributed by atoms with Gasteiger partial charge < -0.3 is 4.74 Å². The maximum atomic E-state index is 13.3. The molecule has 1 aromatic carbocycles. The molecule has 0 amide bonds. The van der Waals surface area contributed by atoms with Crippen molar-refractivity contribution >= 4 is 15.9 Å². The molecule has 1 nitrogen and oxygen atoms in total. The first-order chi connectivity index (χ1) is 7.19. The van der Waals surface area contributed by atoms with Crippen LogP contribution < -0.4 is 4.74 Å². The van der Waals surface area contributed by atoms with Crippen molar-refractivity contribution in [1.82, 2.24) is 0 Å². The molecule has 0 saturated carbocycles. The smallest absolute Gasteiger partial charge is 0.133 e. The number of hydrogen-bond acceptors (Lipinski definition) is 1. The molecule has 0 bridgehead atoms. The Labute approximate surface area is 96.6 Å². The summed E-state index contributed by atoms with van der Waals surface area (Å²) in [6.07, 6.45) is 1.87. The summed E-state index contributed by atoms with van der Waals surface area (Å²) in [6.45, 7) is 2.52. The predicted octanol–water partition coefficient (Wildman–Crippen LogP) is 4.04. The van der Waals surface area contributed by atoms with E-state index in [-0.39, 0.29) is 16.6 Å². The van der Waals surface area contributed by atoms with E-state index in [1.165, 1.54) is 12.1 Å². The summed E-state index contributed by atoms with van der Waals surface area (Å²) in [5, 5.41) is 0.167. The topological polar surface area (TPSA) is 9.23 Å². The average Bonchev–Trinajstić information content (AvgIpc) is 2.18. The number of alkyl halides is 1. The molecular formula is C11H13BrF2O. The molecule has 0 aliphatic heterocycles. The van der Waals surface area contributed by atoms with Gasteiger partial charge in [0.15, 0.2) is 0 Å². The van der Waals surface area contributed by atoms with Gasteiger partial charge in [0.2, 0.25) is 0 Å². The van der Waals surface area contributed by atoms with E-state index in [1.807, 2.05) is 6.92 Å². The molecule has 0 N–H and O–H groups in total. The van der Waals surface area contributed by atoms with Gasteiger partial charge in [0.1, 0.15) is 17.4 Å². The Balaban J connectivity index is 2.75. The minimum atomic E-state index is -0.571. The molecule has 84 valence electrons. The Hall–Kier alpha value is -0.640. The number of benzene rings is 1. The van der Waals surface area contributed by atoms with E-state index >= 15 is 0 Å². The average molecular weight is 279 g/mol. The molecule has 4 heteroatoms. The molecule has 0 atom stereocenters. The van der Waals surface area contributed by atoms with Crippen LogP contribution in [0.4, 0.5) is 8.78 Å². The summed E-state index contributed by atoms with van der Waals surface area (Å²) in [5.41, 5.74) is 0.0397. The van der Waals surface area contributed by atoms with Crippen LogP contribution in [-0.4, -0.2) is 6.61 Å². The van der Waals surface area contributed by atoms with Crippen molar-refractivity contribution < 1.29 is 13.5 Å². The maximum Gasteiger partial charge on any atom is 0.133 e. The van der Waals surface area contributed by atoms with E-state index < -0.39 is 11.6 Å². The highest BCUT2D eigenvalue weighted by Crippen LogP contribution is 2.22. The minimum Gasteiger partial charge on any atom is -0.493 e. The van der Waals surface area contributed by atoms with Crippen molar-refractivity contribution in [1.29, 1.82) is 0 Å². The van der Waals surface area contributed by atoms with Crippen LogP contribution in [0.5, 0.6) is 5.75 Å². The van der Waals surface area contributed by atoms with Crippen LogP contribution in [0.15, 0.2) is 12.1 Å². The summed E-state index contributed by atoms with van der Waals surface area (Å²) >= 11 is 3.03. The van der Waals surface area contributed by atoms with Crippen molar-refractivity contribution in [2.45, 2.75) is 25.1 Å². The van der Waals surface area contributed by atoms with Crippen molar-refractivity contribution in [2.75, 3.05) is 6.61 Å². The molecule has 0 heterocycles. The van der Waals surface area contributed by atoms with Gasteiger partial charge in [0, 0.05) is 23.0 Å². The molecule has 15 heavy (non-hydrogen) atoms. The lowest BCUT2D eigenvalue weighted by atomic mass is 10.2. The monoisotopic (exact) mass is 278 g/mol. The Morgan fingerprint density at radius 2 is 1.87 bits per heavy atom. The van der Waals surface area contributed by atoms with Crippen LogP contribution in [0.1, 0.15) is 25.3 Å². The summed E-state index contributed by atoms with van der Waals surface area (Å²) in [4.78, 5) is 0. The molecule has 0 aliphatic rings. The zero-order valence-electron chi connectivity index (χ0n) is 8.53. The second kappa shape index (κ2) is 6.05. The first-order valence-electron chi connectivity index (χ1n) is 4.85. The number of halogens is 3. The van der Waals surface area contributed by atoms with Crippen molar-refractivity contribution in [3.05, 3.63) is 29.3 Å². The summed E-state index contributed by atoms with van der Waals surface area (Å²) in [5.74, 6) is -0.889. The van der Waals surface area contributed by atoms with Gasteiger partial charge in [-0.25, -0.2) is 8.78 Å². The summed E-state index contributed by atoms with van der Waals surface area (Å²) in [6, 6.07) is 2.44. The van der Waals surface area contributed by atoms with Gasteiger partial charge in [-0.05, 0) is 6.42 Å². The SMILES string of the molecule is CCCCOc1cc(F)c(CBr)c(F)c1. The lowest BCUT2D eigenvalue weighted by molar-refractivity contribution is 0.305. The normalized spacial score (nSPS) is 10.4.